The molecule has 4 nitrogen and oxygen atoms in total. The van der Waals surface area contributed by atoms with Crippen LogP contribution >= 0.6 is 0 Å². The number of rotatable bonds is 5. The maximum atomic E-state index is 9.30. The molecule has 0 amide bonds. The standard InChI is InChI=1S/C46H28N4/c47-29-30-21-23-31(24-22-30)34-15-10-16-36(27-34)45-48-44(33-12-2-1-3-13-33)49-46(50-45)41-20-9-8-19-39(41)43-38-18-7-5-14-35(38)28-42-37-17-6-4-11-32(37)25-26-40(42)43/h1-28H. The van der Waals surface area contributed by atoms with Crippen molar-refractivity contribution in [2.24, 2.45) is 0 Å². The Hall–Kier alpha value is -6.96. The number of fused-ring (bicyclic) bond motifs is 4. The van der Waals surface area contributed by atoms with Crippen molar-refractivity contribution in [1.82, 2.24) is 15.0 Å². The summed E-state index contributed by atoms with van der Waals surface area (Å²) in [5.41, 5.74) is 7.62. The van der Waals surface area contributed by atoms with E-state index >= 15 is 0 Å². The lowest BCUT2D eigenvalue weighted by Crippen LogP contribution is -2.01. The van der Waals surface area contributed by atoms with Crippen LogP contribution in [-0.2, 0) is 0 Å². The minimum atomic E-state index is 0.591. The van der Waals surface area contributed by atoms with Crippen LogP contribution in [-0.4, -0.2) is 15.0 Å². The average molecular weight is 637 g/mol. The number of hydrogen-bond acceptors (Lipinski definition) is 4. The van der Waals surface area contributed by atoms with E-state index in [1.807, 2.05) is 66.7 Å². The van der Waals surface area contributed by atoms with Gasteiger partial charge in [-0.05, 0) is 78.8 Å². The third kappa shape index (κ3) is 5.15. The van der Waals surface area contributed by atoms with Crippen LogP contribution in [0.1, 0.15) is 5.56 Å². The summed E-state index contributed by atoms with van der Waals surface area (Å²) in [5.74, 6) is 1.81. The van der Waals surface area contributed by atoms with Crippen molar-refractivity contribution in [3.63, 3.8) is 0 Å². The molecule has 0 aliphatic carbocycles. The molecule has 1 aromatic heterocycles. The second-order valence-electron chi connectivity index (χ2n) is 12.3. The fourth-order valence-corrected chi connectivity index (χ4v) is 6.92. The average Bonchev–Trinajstić information content (AvgIpc) is 3.20. The van der Waals surface area contributed by atoms with Gasteiger partial charge < -0.3 is 0 Å². The summed E-state index contributed by atoms with van der Waals surface area (Å²) >= 11 is 0. The zero-order valence-corrected chi connectivity index (χ0v) is 27.0. The first-order chi connectivity index (χ1) is 24.7. The maximum Gasteiger partial charge on any atom is 0.164 e. The van der Waals surface area contributed by atoms with Gasteiger partial charge in [0.25, 0.3) is 0 Å². The molecule has 0 fully saturated rings. The van der Waals surface area contributed by atoms with E-state index < -0.39 is 0 Å². The minimum absolute atomic E-state index is 0.591. The van der Waals surface area contributed by atoms with Gasteiger partial charge in [-0.1, -0.05) is 146 Å². The molecule has 0 radical (unpaired) electrons. The largest absolute Gasteiger partial charge is 0.208 e. The lowest BCUT2D eigenvalue weighted by molar-refractivity contribution is 1.07. The first-order valence-corrected chi connectivity index (χ1v) is 16.6. The van der Waals surface area contributed by atoms with Crippen LogP contribution in [0.5, 0.6) is 0 Å². The smallest absolute Gasteiger partial charge is 0.164 e. The molecule has 9 aromatic rings. The van der Waals surface area contributed by atoms with Gasteiger partial charge in [0.05, 0.1) is 11.6 Å². The zero-order chi connectivity index (χ0) is 33.4. The molecule has 4 heteroatoms. The second-order valence-corrected chi connectivity index (χ2v) is 12.3. The Morgan fingerprint density at radius 1 is 0.360 bits per heavy atom. The van der Waals surface area contributed by atoms with E-state index in [2.05, 4.69) is 109 Å². The highest BCUT2D eigenvalue weighted by Crippen LogP contribution is 2.42. The van der Waals surface area contributed by atoms with Gasteiger partial charge in [-0.2, -0.15) is 5.26 Å². The molecule has 232 valence electrons. The SMILES string of the molecule is N#Cc1ccc(-c2cccc(-c3nc(-c4ccccc4)nc(-c4ccccc4-c4c5ccccc5cc5c4ccc4ccccc45)n3)c2)cc1. The van der Waals surface area contributed by atoms with Gasteiger partial charge in [-0.25, -0.2) is 15.0 Å². The highest BCUT2D eigenvalue weighted by atomic mass is 15.0. The minimum Gasteiger partial charge on any atom is -0.208 e. The Balaban J connectivity index is 1.29. The summed E-state index contributed by atoms with van der Waals surface area (Å²) in [4.78, 5) is 15.4. The Bertz CT molecular complexity index is 2760. The number of benzene rings is 8. The van der Waals surface area contributed by atoms with Gasteiger partial charge >= 0.3 is 0 Å². The Labute approximate surface area is 289 Å². The highest BCUT2D eigenvalue weighted by molar-refractivity contribution is 6.21. The summed E-state index contributed by atoms with van der Waals surface area (Å²) in [6.45, 7) is 0. The predicted octanol–water partition coefficient (Wildman–Crippen LogP) is 11.5. The molecular weight excluding hydrogens is 609 g/mol. The van der Waals surface area contributed by atoms with Gasteiger partial charge in [-0.3, -0.25) is 0 Å². The molecule has 9 rings (SSSR count). The summed E-state index contributed by atoms with van der Waals surface area (Å²) in [6.07, 6.45) is 0. The van der Waals surface area contributed by atoms with Crippen molar-refractivity contribution in [3.05, 3.63) is 175 Å². The molecule has 0 unspecified atom stereocenters. The molecule has 50 heavy (non-hydrogen) atoms. The van der Waals surface area contributed by atoms with E-state index in [4.69, 9.17) is 15.0 Å². The van der Waals surface area contributed by atoms with Crippen molar-refractivity contribution >= 4 is 32.3 Å². The number of hydrogen-bond donors (Lipinski definition) is 0. The van der Waals surface area contributed by atoms with Gasteiger partial charge in [0.2, 0.25) is 0 Å². The molecule has 0 atom stereocenters. The fraction of sp³-hybridized carbons (Fsp3) is 0. The summed E-state index contributed by atoms with van der Waals surface area (Å²) < 4.78 is 0. The molecule has 0 spiro atoms. The van der Waals surface area contributed by atoms with Gasteiger partial charge in [0.1, 0.15) is 0 Å². The Kier molecular flexibility index (Phi) is 7.15. The van der Waals surface area contributed by atoms with Crippen molar-refractivity contribution in [1.29, 1.82) is 5.26 Å². The lowest BCUT2D eigenvalue weighted by atomic mass is 9.88. The van der Waals surface area contributed by atoms with E-state index in [1.165, 1.54) is 32.3 Å². The third-order valence-electron chi connectivity index (χ3n) is 9.34. The Morgan fingerprint density at radius 3 is 1.78 bits per heavy atom. The fourth-order valence-electron chi connectivity index (χ4n) is 6.92. The van der Waals surface area contributed by atoms with Crippen LogP contribution in [0.25, 0.3) is 88.7 Å². The number of nitriles is 1. The Morgan fingerprint density at radius 2 is 0.980 bits per heavy atom. The first-order valence-electron chi connectivity index (χ1n) is 16.6. The van der Waals surface area contributed by atoms with Crippen molar-refractivity contribution < 1.29 is 0 Å². The quantitative estimate of drug-likeness (QED) is 0.139. The monoisotopic (exact) mass is 636 g/mol. The van der Waals surface area contributed by atoms with Gasteiger partial charge in [-0.15, -0.1) is 0 Å². The molecule has 8 aromatic carbocycles. The van der Waals surface area contributed by atoms with Gasteiger partial charge in [0, 0.05) is 16.7 Å². The van der Waals surface area contributed by atoms with Crippen LogP contribution in [0, 0.1) is 11.3 Å². The summed E-state index contributed by atoms with van der Waals surface area (Å²) in [6, 6.07) is 60.5. The van der Waals surface area contributed by atoms with E-state index in [0.717, 1.165) is 38.9 Å². The van der Waals surface area contributed by atoms with Gasteiger partial charge in [0.15, 0.2) is 17.5 Å². The van der Waals surface area contributed by atoms with Crippen molar-refractivity contribution in [3.8, 4) is 62.5 Å². The zero-order valence-electron chi connectivity index (χ0n) is 27.0. The van der Waals surface area contributed by atoms with Crippen LogP contribution in [0.3, 0.4) is 0 Å². The van der Waals surface area contributed by atoms with E-state index in [0.29, 0.717) is 23.0 Å². The van der Waals surface area contributed by atoms with Crippen LogP contribution in [0.4, 0.5) is 0 Å². The molecule has 0 aliphatic heterocycles. The third-order valence-corrected chi connectivity index (χ3v) is 9.34. The molecule has 1 heterocycles. The van der Waals surface area contributed by atoms with E-state index in [1.54, 1.807) is 0 Å². The lowest BCUT2D eigenvalue weighted by Gasteiger charge is -2.17. The summed E-state index contributed by atoms with van der Waals surface area (Å²) in [7, 11) is 0. The molecule has 0 aliphatic rings. The molecule has 0 saturated carbocycles. The number of nitrogens with zero attached hydrogens (tertiary/aromatic N) is 4. The van der Waals surface area contributed by atoms with E-state index in [9.17, 15) is 5.26 Å². The topological polar surface area (TPSA) is 62.5 Å². The molecular formula is C46H28N4. The summed E-state index contributed by atoms with van der Waals surface area (Å²) in [5, 5.41) is 16.5. The van der Waals surface area contributed by atoms with Crippen LogP contribution < -0.4 is 0 Å². The molecule has 0 saturated heterocycles. The molecule has 0 bridgehead atoms. The van der Waals surface area contributed by atoms with Crippen molar-refractivity contribution in [2.75, 3.05) is 0 Å². The predicted molar refractivity (Wildman–Crippen MR) is 204 cm³/mol. The van der Waals surface area contributed by atoms with Crippen molar-refractivity contribution in [2.45, 2.75) is 0 Å². The van der Waals surface area contributed by atoms with Crippen LogP contribution in [0.2, 0.25) is 0 Å². The van der Waals surface area contributed by atoms with Crippen LogP contribution in [0.15, 0.2) is 170 Å². The maximum absolute atomic E-state index is 9.30. The number of aromatic nitrogens is 3. The first kappa shape index (κ1) is 29.2. The highest BCUT2D eigenvalue weighted by Gasteiger charge is 2.19. The normalized spacial score (nSPS) is 11.2. The molecule has 0 N–H and O–H groups in total. The second kappa shape index (κ2) is 12.2. The van der Waals surface area contributed by atoms with E-state index in [-0.39, 0.29) is 0 Å².